The van der Waals surface area contributed by atoms with Gasteiger partial charge in [-0.1, -0.05) is 41.4 Å². The third kappa shape index (κ3) is 2.60. The second-order valence-electron chi connectivity index (χ2n) is 5.03. The van der Waals surface area contributed by atoms with Crippen LogP contribution < -0.4 is 10.6 Å². The Morgan fingerprint density at radius 1 is 1.08 bits per heavy atom. The minimum atomic E-state index is -1.14. The van der Waals surface area contributed by atoms with Crippen molar-refractivity contribution in [2.75, 3.05) is 4.90 Å². The van der Waals surface area contributed by atoms with E-state index in [1.165, 1.54) is 0 Å². The van der Waals surface area contributed by atoms with Gasteiger partial charge in [0, 0.05) is 7.05 Å². The maximum Gasteiger partial charge on any atom is 0.323 e. The monoisotopic (exact) mass is 362 g/mol. The number of hydrogen-bond donors (Lipinski definition) is 1. The third-order valence-electron chi connectivity index (χ3n) is 3.54. The van der Waals surface area contributed by atoms with Crippen molar-refractivity contribution in [2.24, 2.45) is 12.8 Å². The Kier molecular flexibility index (Phi) is 4.17. The molecule has 0 radical (unpaired) electrons. The lowest BCUT2D eigenvalue weighted by Crippen LogP contribution is -2.39. The van der Waals surface area contributed by atoms with E-state index in [-0.39, 0.29) is 21.7 Å². The van der Waals surface area contributed by atoms with Crippen LogP contribution in [0.25, 0.3) is 11.0 Å². The number of anilines is 2. The van der Waals surface area contributed by atoms with Crippen LogP contribution in [0.5, 0.6) is 0 Å². The van der Waals surface area contributed by atoms with Crippen LogP contribution in [0.4, 0.5) is 11.6 Å². The molecule has 1 aromatic heterocycles. The predicted octanol–water partition coefficient (Wildman–Crippen LogP) is 3.03. The number of aromatic nitrogens is 2. The van der Waals surface area contributed by atoms with Gasteiger partial charge in [0.15, 0.2) is 0 Å². The number of benzene rings is 2. The molecule has 0 saturated heterocycles. The fourth-order valence-corrected chi connectivity index (χ4v) is 3.00. The van der Waals surface area contributed by atoms with E-state index in [1.54, 1.807) is 35.9 Å². The highest BCUT2D eigenvalue weighted by Gasteiger charge is 2.30. The molecule has 2 N–H and O–H groups in total. The van der Waals surface area contributed by atoms with Crippen LogP contribution >= 0.6 is 23.2 Å². The number of hydrogen-bond acceptors (Lipinski definition) is 3. The molecule has 8 heteroatoms. The Morgan fingerprint density at radius 2 is 1.71 bits per heavy atom. The molecule has 2 amide bonds. The number of halogens is 2. The Hall–Kier alpha value is -2.57. The Labute approximate surface area is 147 Å². The number of imidazole rings is 1. The van der Waals surface area contributed by atoms with Crippen molar-refractivity contribution in [3.63, 3.8) is 0 Å². The molecular weight excluding hydrogens is 351 g/mol. The van der Waals surface area contributed by atoms with Gasteiger partial charge in [-0.05, 0) is 24.3 Å². The molecule has 3 aromatic rings. The number of carbonyl (C=O) groups excluding carboxylic acids is 2. The van der Waals surface area contributed by atoms with Crippen LogP contribution in [-0.2, 0) is 16.6 Å². The van der Waals surface area contributed by atoms with Crippen molar-refractivity contribution in [1.29, 1.82) is 0 Å². The average Bonchev–Trinajstić information content (AvgIpc) is 2.87. The number of carbonyl (C=O) groups is 2. The van der Waals surface area contributed by atoms with Gasteiger partial charge in [0.2, 0.25) is 5.95 Å². The van der Waals surface area contributed by atoms with Gasteiger partial charge in [-0.25, -0.2) is 9.88 Å². The van der Waals surface area contributed by atoms with Crippen LogP contribution in [0.3, 0.4) is 0 Å². The maximum absolute atomic E-state index is 12.5. The van der Waals surface area contributed by atoms with E-state index in [9.17, 15) is 9.59 Å². The zero-order valence-electron chi connectivity index (χ0n) is 12.5. The topological polar surface area (TPSA) is 81.2 Å². The smallest absolute Gasteiger partial charge is 0.323 e. The first-order valence-electron chi connectivity index (χ1n) is 6.91. The summed E-state index contributed by atoms with van der Waals surface area (Å²) in [6.45, 7) is 0. The molecule has 0 unspecified atom stereocenters. The summed E-state index contributed by atoms with van der Waals surface area (Å²) in [5.41, 5.74) is 6.79. The number of amides is 2. The quantitative estimate of drug-likeness (QED) is 0.711. The van der Waals surface area contributed by atoms with E-state index in [1.807, 2.05) is 18.2 Å². The highest BCUT2D eigenvalue weighted by molar-refractivity contribution is 6.46. The van der Waals surface area contributed by atoms with E-state index < -0.39 is 11.8 Å². The summed E-state index contributed by atoms with van der Waals surface area (Å²) in [7, 11) is 1.72. The summed E-state index contributed by atoms with van der Waals surface area (Å²) in [5, 5.41) is 0.397. The van der Waals surface area contributed by atoms with Gasteiger partial charge in [0.25, 0.3) is 0 Å². The van der Waals surface area contributed by atoms with E-state index in [0.717, 1.165) is 10.4 Å². The third-order valence-corrected chi connectivity index (χ3v) is 4.15. The largest absolute Gasteiger partial charge is 0.361 e. The molecule has 0 fully saturated rings. The van der Waals surface area contributed by atoms with E-state index in [0.29, 0.717) is 5.52 Å². The van der Waals surface area contributed by atoms with Crippen molar-refractivity contribution in [2.45, 2.75) is 0 Å². The lowest BCUT2D eigenvalue weighted by atomic mass is 10.2. The van der Waals surface area contributed by atoms with Crippen molar-refractivity contribution in [3.8, 4) is 0 Å². The minimum Gasteiger partial charge on any atom is -0.361 e. The molecule has 1 heterocycles. The molecule has 0 saturated carbocycles. The van der Waals surface area contributed by atoms with Crippen LogP contribution in [0, 0.1) is 0 Å². The number of primary amides is 1. The Morgan fingerprint density at radius 3 is 2.29 bits per heavy atom. The molecule has 0 atom stereocenters. The number of rotatable bonds is 2. The molecule has 6 nitrogen and oxygen atoms in total. The van der Waals surface area contributed by atoms with E-state index in [2.05, 4.69) is 4.98 Å². The van der Waals surface area contributed by atoms with Gasteiger partial charge in [-0.3, -0.25) is 9.59 Å². The van der Waals surface area contributed by atoms with Crippen molar-refractivity contribution < 1.29 is 9.59 Å². The maximum atomic E-state index is 12.5. The Balaban J connectivity index is 2.31. The fourth-order valence-electron chi connectivity index (χ4n) is 2.44. The number of fused-ring (bicyclic) bond motifs is 1. The van der Waals surface area contributed by atoms with E-state index in [4.69, 9.17) is 28.9 Å². The zero-order valence-corrected chi connectivity index (χ0v) is 14.0. The summed E-state index contributed by atoms with van der Waals surface area (Å²) in [6.07, 6.45) is 0. The van der Waals surface area contributed by atoms with Gasteiger partial charge in [-0.2, -0.15) is 0 Å². The number of nitrogens with two attached hydrogens (primary N) is 1. The van der Waals surface area contributed by atoms with Gasteiger partial charge < -0.3 is 10.3 Å². The summed E-state index contributed by atoms with van der Waals surface area (Å²) in [5.74, 6) is -1.93. The molecule has 0 aliphatic heterocycles. The number of para-hydroxylation sites is 3. The molecule has 122 valence electrons. The molecule has 0 aliphatic rings. The molecule has 2 aromatic carbocycles. The van der Waals surface area contributed by atoms with Crippen molar-refractivity contribution in [3.05, 3.63) is 52.5 Å². The second-order valence-corrected chi connectivity index (χ2v) is 5.85. The zero-order chi connectivity index (χ0) is 17.4. The number of aryl methyl sites for hydroxylation is 1. The van der Waals surface area contributed by atoms with Gasteiger partial charge in [0.1, 0.15) is 0 Å². The van der Waals surface area contributed by atoms with Gasteiger partial charge in [-0.15, -0.1) is 0 Å². The standard InChI is InChI=1S/C16H12Cl2N4O2/c1-21-12-8-3-2-7-11(12)20-16(21)22(15(24)14(19)23)13-9(17)5-4-6-10(13)18/h2-8H,1H3,(H2,19,23). The first-order chi connectivity index (χ1) is 11.4. The molecule has 0 spiro atoms. The van der Waals surface area contributed by atoms with Crippen LogP contribution in [0.2, 0.25) is 10.0 Å². The van der Waals surface area contributed by atoms with Gasteiger partial charge >= 0.3 is 11.8 Å². The van der Waals surface area contributed by atoms with Crippen molar-refractivity contribution >= 4 is 57.7 Å². The minimum absolute atomic E-state index is 0.156. The van der Waals surface area contributed by atoms with Crippen LogP contribution in [0.1, 0.15) is 0 Å². The summed E-state index contributed by atoms with van der Waals surface area (Å²) in [4.78, 5) is 29.5. The molecule has 24 heavy (non-hydrogen) atoms. The lowest BCUT2D eigenvalue weighted by Gasteiger charge is -2.22. The highest BCUT2D eigenvalue weighted by atomic mass is 35.5. The van der Waals surface area contributed by atoms with Crippen LogP contribution in [0.15, 0.2) is 42.5 Å². The molecular formula is C16H12Cl2N4O2. The fraction of sp³-hybridized carbons (Fsp3) is 0.0625. The lowest BCUT2D eigenvalue weighted by molar-refractivity contribution is -0.135. The van der Waals surface area contributed by atoms with Crippen LogP contribution in [-0.4, -0.2) is 21.4 Å². The Bertz CT molecular complexity index is 948. The molecule has 3 rings (SSSR count). The first-order valence-corrected chi connectivity index (χ1v) is 7.66. The highest BCUT2D eigenvalue weighted by Crippen LogP contribution is 2.38. The summed E-state index contributed by atoms with van der Waals surface area (Å²) < 4.78 is 1.66. The van der Waals surface area contributed by atoms with E-state index >= 15 is 0 Å². The average molecular weight is 363 g/mol. The molecule has 0 bridgehead atoms. The van der Waals surface area contributed by atoms with Crippen molar-refractivity contribution in [1.82, 2.24) is 9.55 Å². The second kappa shape index (κ2) is 6.14. The normalized spacial score (nSPS) is 10.8. The summed E-state index contributed by atoms with van der Waals surface area (Å²) >= 11 is 12.4. The predicted molar refractivity (Wildman–Crippen MR) is 93.5 cm³/mol. The number of nitrogens with zero attached hydrogens (tertiary/aromatic N) is 3. The summed E-state index contributed by atoms with van der Waals surface area (Å²) in [6, 6.07) is 12.1. The SMILES string of the molecule is Cn1c(N(C(=O)C(N)=O)c2c(Cl)cccc2Cl)nc2ccccc21. The molecule has 0 aliphatic carbocycles. The first kappa shape index (κ1) is 16.3. The van der Waals surface area contributed by atoms with Gasteiger partial charge in [0.05, 0.1) is 26.8 Å².